The molecule has 1 amide bonds. The lowest BCUT2D eigenvalue weighted by Crippen LogP contribution is -2.45. The fourth-order valence-corrected chi connectivity index (χ4v) is 1.86. The van der Waals surface area contributed by atoms with Gasteiger partial charge in [-0.25, -0.2) is 0 Å². The second-order valence-electron chi connectivity index (χ2n) is 4.97. The van der Waals surface area contributed by atoms with E-state index in [1.807, 2.05) is 13.8 Å². The molecular weight excluding hydrogens is 314 g/mol. The third-order valence-corrected chi connectivity index (χ3v) is 3.08. The van der Waals surface area contributed by atoms with Gasteiger partial charge in [0.05, 0.1) is 11.3 Å². The van der Waals surface area contributed by atoms with Crippen molar-refractivity contribution in [2.24, 2.45) is 5.73 Å². The van der Waals surface area contributed by atoms with Crippen LogP contribution in [0.2, 0.25) is 0 Å². The van der Waals surface area contributed by atoms with E-state index in [2.05, 4.69) is 21.2 Å². The molecule has 0 saturated heterocycles. The first-order valence-electron chi connectivity index (χ1n) is 5.67. The lowest BCUT2D eigenvalue weighted by atomic mass is 10.1. The Labute approximate surface area is 119 Å². The molecule has 0 radical (unpaired) electrons. The molecule has 0 unspecified atom stereocenters. The van der Waals surface area contributed by atoms with E-state index in [1.54, 1.807) is 6.07 Å². The lowest BCUT2D eigenvalue weighted by Gasteiger charge is -2.18. The fraction of sp³-hybridized carbons (Fsp3) is 0.417. The standard InChI is InChI=1S/C12H16BrN3O3/c1-12(2,14)7-15-11(17)5-8-3-4-9(16(18)19)6-10(8)13/h3-4,6H,5,7,14H2,1-2H3,(H,15,17). The highest BCUT2D eigenvalue weighted by atomic mass is 79.9. The van der Waals surface area contributed by atoms with E-state index in [9.17, 15) is 14.9 Å². The van der Waals surface area contributed by atoms with Crippen LogP contribution >= 0.6 is 15.9 Å². The Balaban J connectivity index is 2.67. The topological polar surface area (TPSA) is 98.3 Å². The Kier molecular flexibility index (Phi) is 5.02. The van der Waals surface area contributed by atoms with Gasteiger partial charge in [-0.2, -0.15) is 0 Å². The summed E-state index contributed by atoms with van der Waals surface area (Å²) in [6, 6.07) is 4.32. The summed E-state index contributed by atoms with van der Waals surface area (Å²) in [4.78, 5) is 21.8. The molecule has 6 nitrogen and oxygen atoms in total. The number of nitrogens with one attached hydrogen (secondary N) is 1. The second kappa shape index (κ2) is 6.12. The maximum Gasteiger partial charge on any atom is 0.270 e. The molecule has 1 aromatic rings. The molecule has 104 valence electrons. The summed E-state index contributed by atoms with van der Waals surface area (Å²) >= 11 is 3.23. The summed E-state index contributed by atoms with van der Waals surface area (Å²) < 4.78 is 0.545. The zero-order chi connectivity index (χ0) is 14.6. The number of carbonyl (C=O) groups excluding carboxylic acids is 1. The van der Waals surface area contributed by atoms with Crippen molar-refractivity contribution in [2.75, 3.05) is 6.54 Å². The average molecular weight is 330 g/mol. The van der Waals surface area contributed by atoms with Crippen LogP contribution < -0.4 is 11.1 Å². The summed E-state index contributed by atoms with van der Waals surface area (Å²) in [6.07, 6.45) is 0.147. The number of rotatable bonds is 5. The van der Waals surface area contributed by atoms with Gasteiger partial charge in [0, 0.05) is 28.7 Å². The van der Waals surface area contributed by atoms with Gasteiger partial charge < -0.3 is 11.1 Å². The summed E-state index contributed by atoms with van der Waals surface area (Å²) in [5.74, 6) is -0.173. The zero-order valence-corrected chi connectivity index (χ0v) is 12.4. The second-order valence-corrected chi connectivity index (χ2v) is 5.83. The first kappa shape index (κ1) is 15.6. The van der Waals surface area contributed by atoms with Crippen molar-refractivity contribution in [1.29, 1.82) is 0 Å². The highest BCUT2D eigenvalue weighted by molar-refractivity contribution is 9.10. The Morgan fingerprint density at radius 3 is 2.63 bits per heavy atom. The van der Waals surface area contributed by atoms with Crippen LogP contribution in [0.3, 0.4) is 0 Å². The largest absolute Gasteiger partial charge is 0.354 e. The molecule has 0 saturated carbocycles. The molecule has 1 aromatic carbocycles. The van der Waals surface area contributed by atoms with Crippen molar-refractivity contribution in [1.82, 2.24) is 5.32 Å². The van der Waals surface area contributed by atoms with Crippen molar-refractivity contribution in [3.05, 3.63) is 38.3 Å². The van der Waals surface area contributed by atoms with Gasteiger partial charge in [0.2, 0.25) is 5.91 Å². The van der Waals surface area contributed by atoms with Crippen LogP contribution in [0.25, 0.3) is 0 Å². The molecule has 0 spiro atoms. The molecule has 0 bridgehead atoms. The summed E-state index contributed by atoms with van der Waals surface area (Å²) in [5, 5.41) is 13.3. The average Bonchev–Trinajstić information content (AvgIpc) is 2.28. The summed E-state index contributed by atoms with van der Waals surface area (Å²) in [7, 11) is 0. The summed E-state index contributed by atoms with van der Waals surface area (Å²) in [5.41, 5.74) is 5.97. The smallest absolute Gasteiger partial charge is 0.270 e. The molecule has 19 heavy (non-hydrogen) atoms. The van der Waals surface area contributed by atoms with Crippen molar-refractivity contribution >= 4 is 27.5 Å². The number of hydrogen-bond donors (Lipinski definition) is 2. The molecular formula is C12H16BrN3O3. The van der Waals surface area contributed by atoms with Crippen LogP contribution in [0.15, 0.2) is 22.7 Å². The quantitative estimate of drug-likeness (QED) is 0.635. The van der Waals surface area contributed by atoms with Gasteiger partial charge in [0.15, 0.2) is 0 Å². The molecule has 0 fully saturated rings. The van der Waals surface area contributed by atoms with Crippen LogP contribution in [0.4, 0.5) is 5.69 Å². The number of benzene rings is 1. The van der Waals surface area contributed by atoms with Crippen LogP contribution in [-0.4, -0.2) is 22.9 Å². The minimum Gasteiger partial charge on any atom is -0.354 e. The normalized spacial score (nSPS) is 11.2. The van der Waals surface area contributed by atoms with E-state index < -0.39 is 10.5 Å². The Morgan fingerprint density at radius 2 is 2.16 bits per heavy atom. The SMILES string of the molecule is CC(C)(N)CNC(=O)Cc1ccc([N+](=O)[O-])cc1Br. The number of halogens is 1. The fourth-order valence-electron chi connectivity index (χ4n) is 1.36. The van der Waals surface area contributed by atoms with Crippen LogP contribution in [0.5, 0.6) is 0 Å². The minimum atomic E-state index is -0.481. The number of nitro groups is 1. The molecule has 0 aliphatic heterocycles. The number of hydrogen-bond acceptors (Lipinski definition) is 4. The van der Waals surface area contributed by atoms with Crippen molar-refractivity contribution in [3.8, 4) is 0 Å². The van der Waals surface area contributed by atoms with E-state index in [-0.39, 0.29) is 18.0 Å². The van der Waals surface area contributed by atoms with E-state index >= 15 is 0 Å². The number of amides is 1. The van der Waals surface area contributed by atoms with Gasteiger partial charge in [-0.05, 0) is 19.4 Å². The van der Waals surface area contributed by atoms with E-state index in [1.165, 1.54) is 12.1 Å². The Morgan fingerprint density at radius 1 is 1.53 bits per heavy atom. The van der Waals surface area contributed by atoms with Gasteiger partial charge in [0.25, 0.3) is 5.69 Å². The van der Waals surface area contributed by atoms with Crippen molar-refractivity contribution in [2.45, 2.75) is 25.8 Å². The van der Waals surface area contributed by atoms with Crippen LogP contribution in [-0.2, 0) is 11.2 Å². The number of nitrogens with two attached hydrogens (primary N) is 1. The highest BCUT2D eigenvalue weighted by Gasteiger charge is 2.14. The number of carbonyl (C=O) groups is 1. The van der Waals surface area contributed by atoms with Crippen molar-refractivity contribution in [3.63, 3.8) is 0 Å². The minimum absolute atomic E-state index is 0.0147. The van der Waals surface area contributed by atoms with Gasteiger partial charge in [-0.15, -0.1) is 0 Å². The highest BCUT2D eigenvalue weighted by Crippen LogP contribution is 2.23. The monoisotopic (exact) mass is 329 g/mol. The lowest BCUT2D eigenvalue weighted by molar-refractivity contribution is -0.384. The third-order valence-electron chi connectivity index (χ3n) is 2.34. The predicted octanol–water partition coefficient (Wildman–Crippen LogP) is 1.75. The molecule has 0 aromatic heterocycles. The molecule has 0 heterocycles. The molecule has 7 heteroatoms. The van der Waals surface area contributed by atoms with Gasteiger partial charge in [0.1, 0.15) is 0 Å². The van der Waals surface area contributed by atoms with Crippen molar-refractivity contribution < 1.29 is 9.72 Å². The Hall–Kier alpha value is -1.47. The van der Waals surface area contributed by atoms with Gasteiger partial charge >= 0.3 is 0 Å². The van der Waals surface area contributed by atoms with Gasteiger partial charge in [-0.1, -0.05) is 22.0 Å². The zero-order valence-electron chi connectivity index (χ0n) is 10.8. The van der Waals surface area contributed by atoms with E-state index in [0.29, 0.717) is 16.6 Å². The van der Waals surface area contributed by atoms with Gasteiger partial charge in [-0.3, -0.25) is 14.9 Å². The number of nitro benzene ring substituents is 1. The third kappa shape index (κ3) is 5.35. The van der Waals surface area contributed by atoms with Crippen LogP contribution in [0.1, 0.15) is 19.4 Å². The molecule has 1 rings (SSSR count). The molecule has 0 atom stereocenters. The molecule has 3 N–H and O–H groups in total. The van der Waals surface area contributed by atoms with E-state index in [0.717, 1.165) is 0 Å². The maximum absolute atomic E-state index is 11.7. The van der Waals surface area contributed by atoms with E-state index in [4.69, 9.17) is 5.73 Å². The Bertz CT molecular complexity index is 497. The predicted molar refractivity (Wildman–Crippen MR) is 75.8 cm³/mol. The molecule has 0 aliphatic rings. The maximum atomic E-state index is 11.7. The number of non-ortho nitro benzene ring substituents is 1. The first-order chi connectivity index (χ1) is 8.69. The number of nitrogens with zero attached hydrogens (tertiary/aromatic N) is 1. The summed E-state index contributed by atoms with van der Waals surface area (Å²) in [6.45, 7) is 4.00. The van der Waals surface area contributed by atoms with Crippen LogP contribution in [0, 0.1) is 10.1 Å². The first-order valence-corrected chi connectivity index (χ1v) is 6.47. The molecule has 0 aliphatic carbocycles.